The molecule has 0 aliphatic heterocycles. The first kappa shape index (κ1) is 18.0. The molecule has 5 nitrogen and oxygen atoms in total. The number of rotatable bonds is 4. The molecule has 0 spiro atoms. The maximum Gasteiger partial charge on any atom is 0.416 e. The van der Waals surface area contributed by atoms with Crippen LogP contribution in [0.4, 0.5) is 18.9 Å². The molecule has 0 bridgehead atoms. The monoisotopic (exact) mass is 347 g/mol. The summed E-state index contributed by atoms with van der Waals surface area (Å²) in [6.45, 7) is -0.347. The fourth-order valence-electron chi connectivity index (χ4n) is 1.91. The molecule has 2 N–H and O–H groups in total. The van der Waals surface area contributed by atoms with Crippen molar-refractivity contribution >= 4 is 17.5 Å². The first-order valence-electron chi connectivity index (χ1n) is 7.05. The number of nitrogens with one attached hydrogen (secondary N) is 2. The summed E-state index contributed by atoms with van der Waals surface area (Å²) in [5.41, 5.74) is 0.0446. The lowest BCUT2D eigenvalue weighted by atomic mass is 10.1. The number of nitrogens with zero attached hydrogens (tertiary/aromatic N) is 1. The molecular weight excluding hydrogens is 335 g/mol. The molecule has 0 saturated carbocycles. The number of anilines is 1. The fourth-order valence-corrected chi connectivity index (χ4v) is 1.91. The Bertz CT molecular complexity index is 807. The van der Waals surface area contributed by atoms with Crippen molar-refractivity contribution in [2.45, 2.75) is 6.18 Å². The Kier molecular flexibility index (Phi) is 5.39. The minimum absolute atomic E-state index is 0.0131. The molecule has 2 rings (SSSR count). The Morgan fingerprint density at radius 1 is 1.00 bits per heavy atom. The van der Waals surface area contributed by atoms with Gasteiger partial charge in [0.15, 0.2) is 0 Å². The standard InChI is InChI=1S/C17H12F3N3O2/c18-17(19,20)13-5-3-12(4-6-13)16(25)22-10-15(24)23-14-7-1-11(9-21)2-8-14/h1-8H,10H2,(H,22,25)(H,23,24). The van der Waals surface area contributed by atoms with Crippen molar-refractivity contribution < 1.29 is 22.8 Å². The fraction of sp³-hybridized carbons (Fsp3) is 0.118. The van der Waals surface area contributed by atoms with E-state index in [-0.39, 0.29) is 12.1 Å². The van der Waals surface area contributed by atoms with Crippen LogP contribution in [0.5, 0.6) is 0 Å². The highest BCUT2D eigenvalue weighted by molar-refractivity contribution is 5.99. The van der Waals surface area contributed by atoms with Gasteiger partial charge in [-0.1, -0.05) is 0 Å². The molecule has 0 atom stereocenters. The van der Waals surface area contributed by atoms with Gasteiger partial charge in [0.2, 0.25) is 5.91 Å². The lowest BCUT2D eigenvalue weighted by molar-refractivity contribution is -0.137. The Balaban J connectivity index is 1.88. The topological polar surface area (TPSA) is 82.0 Å². The third kappa shape index (κ3) is 5.07. The Labute approximate surface area is 141 Å². The van der Waals surface area contributed by atoms with E-state index >= 15 is 0 Å². The number of hydrogen-bond donors (Lipinski definition) is 2. The highest BCUT2D eigenvalue weighted by Gasteiger charge is 2.30. The van der Waals surface area contributed by atoms with Crippen LogP contribution in [-0.4, -0.2) is 18.4 Å². The van der Waals surface area contributed by atoms with E-state index < -0.39 is 23.6 Å². The smallest absolute Gasteiger partial charge is 0.343 e. The molecule has 0 aliphatic rings. The summed E-state index contributed by atoms with van der Waals surface area (Å²) in [5.74, 6) is -1.17. The van der Waals surface area contributed by atoms with Gasteiger partial charge in [0, 0.05) is 11.3 Å². The summed E-state index contributed by atoms with van der Waals surface area (Å²) in [7, 11) is 0. The van der Waals surface area contributed by atoms with Crippen LogP contribution in [0.2, 0.25) is 0 Å². The summed E-state index contributed by atoms with van der Waals surface area (Å²) in [6, 6.07) is 11.7. The van der Waals surface area contributed by atoms with E-state index in [0.717, 1.165) is 24.3 Å². The van der Waals surface area contributed by atoms with Crippen LogP contribution in [0.15, 0.2) is 48.5 Å². The van der Waals surface area contributed by atoms with Crippen molar-refractivity contribution in [2.75, 3.05) is 11.9 Å². The highest BCUT2D eigenvalue weighted by Crippen LogP contribution is 2.29. The second kappa shape index (κ2) is 7.49. The molecule has 0 fully saturated rings. The van der Waals surface area contributed by atoms with E-state index in [1.165, 1.54) is 24.3 Å². The number of benzene rings is 2. The summed E-state index contributed by atoms with van der Waals surface area (Å²) in [6.07, 6.45) is -4.48. The third-order valence-corrected chi connectivity index (χ3v) is 3.18. The van der Waals surface area contributed by atoms with Gasteiger partial charge >= 0.3 is 6.18 Å². The molecule has 0 aliphatic carbocycles. The van der Waals surface area contributed by atoms with Crippen molar-refractivity contribution in [3.63, 3.8) is 0 Å². The van der Waals surface area contributed by atoms with Crippen LogP contribution < -0.4 is 10.6 Å². The Morgan fingerprint density at radius 3 is 2.12 bits per heavy atom. The zero-order valence-corrected chi connectivity index (χ0v) is 12.7. The average molecular weight is 347 g/mol. The van der Waals surface area contributed by atoms with Gasteiger partial charge in [-0.3, -0.25) is 9.59 Å². The maximum absolute atomic E-state index is 12.5. The molecule has 2 amide bonds. The molecule has 0 aromatic heterocycles. The number of hydrogen-bond acceptors (Lipinski definition) is 3. The van der Waals surface area contributed by atoms with Crippen molar-refractivity contribution in [3.8, 4) is 6.07 Å². The molecule has 8 heteroatoms. The Morgan fingerprint density at radius 2 is 1.60 bits per heavy atom. The van der Waals surface area contributed by atoms with E-state index in [2.05, 4.69) is 10.6 Å². The first-order valence-corrected chi connectivity index (χ1v) is 7.05. The lowest BCUT2D eigenvalue weighted by Crippen LogP contribution is -2.32. The van der Waals surface area contributed by atoms with Gasteiger partial charge < -0.3 is 10.6 Å². The molecular formula is C17H12F3N3O2. The first-order chi connectivity index (χ1) is 11.8. The van der Waals surface area contributed by atoms with Crippen molar-refractivity contribution in [3.05, 3.63) is 65.2 Å². The van der Waals surface area contributed by atoms with E-state index in [1.807, 2.05) is 6.07 Å². The molecule has 2 aromatic carbocycles. The predicted molar refractivity (Wildman–Crippen MR) is 83.6 cm³/mol. The van der Waals surface area contributed by atoms with Gasteiger partial charge in [0.25, 0.3) is 5.91 Å². The number of alkyl halides is 3. The van der Waals surface area contributed by atoms with Crippen LogP contribution >= 0.6 is 0 Å². The minimum Gasteiger partial charge on any atom is -0.343 e. The van der Waals surface area contributed by atoms with E-state index in [1.54, 1.807) is 0 Å². The van der Waals surface area contributed by atoms with Crippen molar-refractivity contribution in [1.29, 1.82) is 5.26 Å². The number of amides is 2. The number of carbonyl (C=O) groups excluding carboxylic acids is 2. The van der Waals surface area contributed by atoms with Gasteiger partial charge in [-0.15, -0.1) is 0 Å². The molecule has 0 heterocycles. The van der Waals surface area contributed by atoms with Crippen LogP contribution in [0, 0.1) is 11.3 Å². The van der Waals surface area contributed by atoms with Gasteiger partial charge in [-0.25, -0.2) is 0 Å². The van der Waals surface area contributed by atoms with Crippen LogP contribution in [-0.2, 0) is 11.0 Å². The van der Waals surface area contributed by atoms with Crippen molar-refractivity contribution in [2.24, 2.45) is 0 Å². The van der Waals surface area contributed by atoms with Crippen molar-refractivity contribution in [1.82, 2.24) is 5.32 Å². The quantitative estimate of drug-likeness (QED) is 0.892. The van der Waals surface area contributed by atoms with E-state index in [4.69, 9.17) is 5.26 Å². The minimum atomic E-state index is -4.48. The zero-order chi connectivity index (χ0) is 18.4. The molecule has 128 valence electrons. The van der Waals surface area contributed by atoms with Crippen LogP contribution in [0.3, 0.4) is 0 Å². The van der Waals surface area contributed by atoms with E-state index in [9.17, 15) is 22.8 Å². The molecule has 0 saturated heterocycles. The lowest BCUT2D eigenvalue weighted by Gasteiger charge is -2.09. The number of halogens is 3. The number of nitriles is 1. The Hall–Kier alpha value is -3.34. The summed E-state index contributed by atoms with van der Waals surface area (Å²) in [5, 5.41) is 13.5. The van der Waals surface area contributed by atoms with E-state index in [0.29, 0.717) is 11.3 Å². The second-order valence-electron chi connectivity index (χ2n) is 5.00. The van der Waals surface area contributed by atoms with Gasteiger partial charge in [-0.2, -0.15) is 18.4 Å². The maximum atomic E-state index is 12.5. The largest absolute Gasteiger partial charge is 0.416 e. The molecule has 0 unspecified atom stereocenters. The predicted octanol–water partition coefficient (Wildman–Crippen LogP) is 2.95. The third-order valence-electron chi connectivity index (χ3n) is 3.18. The molecule has 25 heavy (non-hydrogen) atoms. The zero-order valence-electron chi connectivity index (χ0n) is 12.7. The van der Waals surface area contributed by atoms with Gasteiger partial charge in [0.1, 0.15) is 0 Å². The normalized spacial score (nSPS) is 10.6. The number of carbonyl (C=O) groups is 2. The molecule has 0 radical (unpaired) electrons. The second-order valence-corrected chi connectivity index (χ2v) is 5.00. The summed E-state index contributed by atoms with van der Waals surface area (Å²) < 4.78 is 37.4. The van der Waals surface area contributed by atoms with Gasteiger partial charge in [-0.05, 0) is 48.5 Å². The van der Waals surface area contributed by atoms with Gasteiger partial charge in [0.05, 0.1) is 23.7 Å². The summed E-state index contributed by atoms with van der Waals surface area (Å²) >= 11 is 0. The van der Waals surface area contributed by atoms with Crippen LogP contribution in [0.25, 0.3) is 0 Å². The molecule has 2 aromatic rings. The van der Waals surface area contributed by atoms with Crippen LogP contribution in [0.1, 0.15) is 21.5 Å². The summed E-state index contributed by atoms with van der Waals surface area (Å²) in [4.78, 5) is 23.6. The highest BCUT2D eigenvalue weighted by atomic mass is 19.4. The average Bonchev–Trinajstić information content (AvgIpc) is 2.59. The SMILES string of the molecule is N#Cc1ccc(NC(=O)CNC(=O)c2ccc(C(F)(F)F)cc2)cc1.